The largest absolute Gasteiger partial charge is 0.451 e. The van der Waals surface area contributed by atoms with Crippen LogP contribution in [0, 0.1) is 0 Å². The molecule has 29 heavy (non-hydrogen) atoms. The molecule has 0 saturated carbocycles. The van der Waals surface area contributed by atoms with E-state index in [0.29, 0.717) is 0 Å². The van der Waals surface area contributed by atoms with Gasteiger partial charge >= 0.3 is 5.97 Å². The first-order chi connectivity index (χ1) is 13.6. The third-order valence-electron chi connectivity index (χ3n) is 6.13. The molecule has 152 valence electrons. The van der Waals surface area contributed by atoms with Gasteiger partial charge in [-0.05, 0) is 25.0 Å². The highest BCUT2D eigenvalue weighted by Crippen LogP contribution is 2.50. The molecule has 2 heterocycles. The maximum absolute atomic E-state index is 13.4. The van der Waals surface area contributed by atoms with Crippen molar-refractivity contribution in [3.63, 3.8) is 0 Å². The SMILES string of the molecule is CC1(C(=O)OC(c2ccccc2)c2ccccc2)N2C(=O)C[C@H]2S(=O)(=O)C1(C)N. The summed E-state index contributed by atoms with van der Waals surface area (Å²) in [6.45, 7) is 2.65. The van der Waals surface area contributed by atoms with Crippen LogP contribution in [0.3, 0.4) is 0 Å². The number of carbonyl (C=O) groups is 2. The van der Waals surface area contributed by atoms with Gasteiger partial charge in [-0.2, -0.15) is 0 Å². The zero-order valence-electron chi connectivity index (χ0n) is 16.1. The zero-order chi connectivity index (χ0) is 21.0. The molecule has 8 heteroatoms. The standard InChI is InChI=1S/C21H22N2O5S/c1-20(21(2,22)29(26,27)17-13-16(24)23(17)20)19(25)28-18(14-9-5-3-6-10-14)15-11-7-4-8-12-15/h3-12,17-18H,13,22H2,1-2H3/t17-,20?,21?/m1/s1. The highest BCUT2D eigenvalue weighted by molar-refractivity contribution is 7.93. The summed E-state index contributed by atoms with van der Waals surface area (Å²) >= 11 is 0. The third-order valence-corrected chi connectivity index (χ3v) is 8.80. The van der Waals surface area contributed by atoms with Gasteiger partial charge in [0.05, 0.1) is 6.42 Å². The highest BCUT2D eigenvalue weighted by atomic mass is 32.2. The Bertz CT molecular complexity index is 1030. The fraction of sp³-hybridized carbons (Fsp3) is 0.333. The second-order valence-electron chi connectivity index (χ2n) is 7.75. The minimum atomic E-state index is -3.93. The van der Waals surface area contributed by atoms with Gasteiger partial charge in [-0.15, -0.1) is 0 Å². The van der Waals surface area contributed by atoms with E-state index in [1.165, 1.54) is 13.8 Å². The summed E-state index contributed by atoms with van der Waals surface area (Å²) in [5.74, 6) is -1.28. The number of carbonyl (C=O) groups excluding carboxylic acids is 2. The number of benzene rings is 2. The Labute approximate surface area is 169 Å². The fourth-order valence-electron chi connectivity index (χ4n) is 4.08. The Morgan fingerprint density at radius 1 is 1.07 bits per heavy atom. The van der Waals surface area contributed by atoms with E-state index in [2.05, 4.69) is 0 Å². The van der Waals surface area contributed by atoms with Gasteiger partial charge in [-0.1, -0.05) is 60.7 Å². The first-order valence-corrected chi connectivity index (χ1v) is 10.8. The van der Waals surface area contributed by atoms with Gasteiger partial charge in [0.1, 0.15) is 5.37 Å². The third kappa shape index (κ3) is 2.55. The second kappa shape index (κ2) is 6.40. The maximum Gasteiger partial charge on any atom is 0.335 e. The Hall–Kier alpha value is -2.71. The summed E-state index contributed by atoms with van der Waals surface area (Å²) in [5.41, 5.74) is 5.81. The van der Waals surface area contributed by atoms with E-state index in [4.69, 9.17) is 10.5 Å². The molecule has 0 aliphatic carbocycles. The lowest BCUT2D eigenvalue weighted by Crippen LogP contribution is -2.69. The molecule has 0 aromatic heterocycles. The Morgan fingerprint density at radius 3 is 2.00 bits per heavy atom. The van der Waals surface area contributed by atoms with E-state index >= 15 is 0 Å². The van der Waals surface area contributed by atoms with E-state index in [0.717, 1.165) is 16.0 Å². The number of hydrogen-bond acceptors (Lipinski definition) is 6. The summed E-state index contributed by atoms with van der Waals surface area (Å²) in [6, 6.07) is 18.3. The molecular formula is C21H22N2O5S. The molecule has 2 unspecified atom stereocenters. The van der Waals surface area contributed by atoms with Crippen LogP contribution in [0.5, 0.6) is 0 Å². The molecule has 0 radical (unpaired) electrons. The monoisotopic (exact) mass is 414 g/mol. The number of rotatable bonds is 4. The molecule has 2 saturated heterocycles. The van der Waals surface area contributed by atoms with Gasteiger partial charge in [0.25, 0.3) is 0 Å². The van der Waals surface area contributed by atoms with Crippen molar-refractivity contribution in [3.8, 4) is 0 Å². The highest BCUT2D eigenvalue weighted by Gasteiger charge is 2.75. The van der Waals surface area contributed by atoms with Crippen molar-refractivity contribution in [1.82, 2.24) is 4.90 Å². The predicted molar refractivity (Wildman–Crippen MR) is 106 cm³/mol. The minimum Gasteiger partial charge on any atom is -0.451 e. The first kappa shape index (κ1) is 19.6. The van der Waals surface area contributed by atoms with Gasteiger partial charge in [-0.25, -0.2) is 13.2 Å². The lowest BCUT2D eigenvalue weighted by atomic mass is 9.88. The molecule has 2 fully saturated rings. The van der Waals surface area contributed by atoms with Gasteiger partial charge < -0.3 is 15.4 Å². The Morgan fingerprint density at radius 2 is 1.55 bits per heavy atom. The van der Waals surface area contributed by atoms with Crippen molar-refractivity contribution in [2.75, 3.05) is 0 Å². The molecule has 7 nitrogen and oxygen atoms in total. The van der Waals surface area contributed by atoms with Crippen LogP contribution < -0.4 is 5.73 Å². The van der Waals surface area contributed by atoms with Crippen LogP contribution in [-0.4, -0.2) is 41.0 Å². The second-order valence-corrected chi connectivity index (χ2v) is 10.2. The lowest BCUT2D eigenvalue weighted by Gasteiger charge is -2.44. The van der Waals surface area contributed by atoms with Crippen molar-refractivity contribution in [2.24, 2.45) is 5.73 Å². The summed E-state index contributed by atoms with van der Waals surface area (Å²) < 4.78 is 31.5. The molecular weight excluding hydrogens is 392 g/mol. The molecule has 2 aliphatic heterocycles. The number of fused-ring (bicyclic) bond motifs is 1. The summed E-state index contributed by atoms with van der Waals surface area (Å²) in [4.78, 5) is 24.7. The number of ether oxygens (including phenoxy) is 1. The molecule has 1 amide bonds. The number of sulfone groups is 1. The van der Waals surface area contributed by atoms with Crippen LogP contribution in [0.2, 0.25) is 0 Å². The normalized spacial score (nSPS) is 30.0. The molecule has 2 aromatic rings. The average molecular weight is 414 g/mol. The lowest BCUT2D eigenvalue weighted by molar-refractivity contribution is -0.174. The number of esters is 1. The molecule has 3 atom stereocenters. The fourth-order valence-corrected chi connectivity index (χ4v) is 6.35. The molecule has 2 aromatic carbocycles. The van der Waals surface area contributed by atoms with Crippen LogP contribution >= 0.6 is 0 Å². The van der Waals surface area contributed by atoms with Gasteiger partial charge in [-0.3, -0.25) is 4.79 Å². The quantitative estimate of drug-likeness (QED) is 0.603. The maximum atomic E-state index is 13.4. The van der Waals surface area contributed by atoms with Crippen LogP contribution in [0.15, 0.2) is 60.7 Å². The van der Waals surface area contributed by atoms with Crippen molar-refractivity contribution >= 4 is 21.7 Å². The van der Waals surface area contributed by atoms with E-state index < -0.39 is 43.6 Å². The van der Waals surface area contributed by atoms with E-state index in [1.54, 1.807) is 0 Å². The van der Waals surface area contributed by atoms with Crippen molar-refractivity contribution in [1.29, 1.82) is 0 Å². The predicted octanol–water partition coefficient (Wildman–Crippen LogP) is 1.74. The summed E-state index contributed by atoms with van der Waals surface area (Å²) in [6.07, 6.45) is -0.936. The molecule has 2 N–H and O–H groups in total. The molecule has 2 aliphatic rings. The number of amides is 1. The van der Waals surface area contributed by atoms with Crippen LogP contribution in [0.25, 0.3) is 0 Å². The number of nitrogens with two attached hydrogens (primary N) is 1. The van der Waals surface area contributed by atoms with E-state index in [-0.39, 0.29) is 6.42 Å². The minimum absolute atomic E-state index is 0.168. The number of β-lactam (4-membered cyclic amide) rings is 1. The summed E-state index contributed by atoms with van der Waals surface area (Å²) in [5, 5.41) is -1.09. The molecule has 4 rings (SSSR count). The summed E-state index contributed by atoms with van der Waals surface area (Å²) in [7, 11) is -3.93. The van der Waals surface area contributed by atoms with Crippen molar-refractivity contribution in [3.05, 3.63) is 71.8 Å². The smallest absolute Gasteiger partial charge is 0.335 e. The van der Waals surface area contributed by atoms with Crippen molar-refractivity contribution in [2.45, 2.75) is 42.2 Å². The topological polar surface area (TPSA) is 107 Å². The van der Waals surface area contributed by atoms with Crippen LogP contribution in [0.4, 0.5) is 0 Å². The van der Waals surface area contributed by atoms with Gasteiger partial charge in [0.15, 0.2) is 26.4 Å². The van der Waals surface area contributed by atoms with Gasteiger partial charge in [0.2, 0.25) is 5.91 Å². The molecule has 0 bridgehead atoms. The Balaban J connectivity index is 1.76. The van der Waals surface area contributed by atoms with E-state index in [1.807, 2.05) is 60.7 Å². The number of hydrogen-bond donors (Lipinski definition) is 1. The van der Waals surface area contributed by atoms with Gasteiger partial charge in [0, 0.05) is 0 Å². The Kier molecular flexibility index (Phi) is 4.32. The zero-order valence-corrected chi connectivity index (χ0v) is 16.9. The molecule has 0 spiro atoms. The van der Waals surface area contributed by atoms with Crippen molar-refractivity contribution < 1.29 is 22.7 Å². The van der Waals surface area contributed by atoms with Crippen LogP contribution in [0.1, 0.15) is 37.5 Å². The average Bonchev–Trinajstić information content (AvgIpc) is 2.79. The number of nitrogens with zero attached hydrogens (tertiary/aromatic N) is 1. The first-order valence-electron chi connectivity index (χ1n) is 9.28. The van der Waals surface area contributed by atoms with E-state index in [9.17, 15) is 18.0 Å². The van der Waals surface area contributed by atoms with Crippen LogP contribution in [-0.2, 0) is 24.2 Å².